The van der Waals surface area contributed by atoms with E-state index in [0.717, 1.165) is 0 Å². The van der Waals surface area contributed by atoms with Crippen molar-refractivity contribution in [3.8, 4) is 5.75 Å². The molecule has 0 aliphatic rings. The number of ether oxygens (including phenoxy) is 2. The van der Waals surface area contributed by atoms with Crippen LogP contribution in [0, 0.1) is 5.92 Å². The Bertz CT molecular complexity index is 407. The molecule has 1 atom stereocenters. The van der Waals surface area contributed by atoms with Crippen LogP contribution in [0.3, 0.4) is 0 Å². The molecule has 0 heterocycles. The number of hydrogen-bond donors (Lipinski definition) is 2. The number of anilines is 1. The summed E-state index contributed by atoms with van der Waals surface area (Å²) >= 11 is 0. The number of carbonyl (C=O) groups excluding carboxylic acids is 1. The zero-order chi connectivity index (χ0) is 13.5. The Balaban J connectivity index is 2.61. The third kappa shape index (κ3) is 3.92. The van der Waals surface area contributed by atoms with Crippen molar-refractivity contribution in [1.82, 2.24) is 5.32 Å². The standard InChI is InChI=1S/C13H20N2O3/c1-9(8-17-2)7-15-13(16)11-5-4-10(18-3)6-12(11)14/h4-6,9H,7-8,14H2,1-3H3,(H,15,16). The monoisotopic (exact) mass is 252 g/mol. The molecule has 0 aliphatic carbocycles. The highest BCUT2D eigenvalue weighted by atomic mass is 16.5. The van der Waals surface area contributed by atoms with E-state index in [1.165, 1.54) is 0 Å². The molecule has 0 aromatic heterocycles. The smallest absolute Gasteiger partial charge is 0.253 e. The average Bonchev–Trinajstić information content (AvgIpc) is 2.36. The van der Waals surface area contributed by atoms with Crippen molar-refractivity contribution < 1.29 is 14.3 Å². The Morgan fingerprint density at radius 1 is 1.44 bits per heavy atom. The topological polar surface area (TPSA) is 73.6 Å². The van der Waals surface area contributed by atoms with Crippen LogP contribution in [0.4, 0.5) is 5.69 Å². The Kier molecular flexibility index (Phi) is 5.45. The maximum Gasteiger partial charge on any atom is 0.253 e. The van der Waals surface area contributed by atoms with E-state index >= 15 is 0 Å². The summed E-state index contributed by atoms with van der Waals surface area (Å²) in [6.07, 6.45) is 0. The molecule has 0 saturated carbocycles. The van der Waals surface area contributed by atoms with Crippen molar-refractivity contribution in [2.24, 2.45) is 5.92 Å². The molecule has 1 amide bonds. The summed E-state index contributed by atoms with van der Waals surface area (Å²) in [4.78, 5) is 11.9. The molecule has 1 unspecified atom stereocenters. The minimum Gasteiger partial charge on any atom is -0.497 e. The van der Waals surface area contributed by atoms with Crippen LogP contribution in [-0.4, -0.2) is 33.3 Å². The van der Waals surface area contributed by atoms with E-state index in [1.807, 2.05) is 6.92 Å². The molecule has 0 saturated heterocycles. The molecule has 1 aromatic carbocycles. The van der Waals surface area contributed by atoms with Gasteiger partial charge in [-0.1, -0.05) is 6.92 Å². The lowest BCUT2D eigenvalue weighted by Gasteiger charge is -2.12. The number of nitrogens with two attached hydrogens (primary N) is 1. The molecular weight excluding hydrogens is 232 g/mol. The number of carbonyl (C=O) groups is 1. The first-order chi connectivity index (χ1) is 8.58. The Morgan fingerprint density at radius 2 is 2.17 bits per heavy atom. The first kappa shape index (κ1) is 14.3. The minimum absolute atomic E-state index is 0.182. The number of hydrogen-bond acceptors (Lipinski definition) is 4. The van der Waals surface area contributed by atoms with Gasteiger partial charge in [-0.3, -0.25) is 4.79 Å². The molecule has 5 nitrogen and oxygen atoms in total. The number of amides is 1. The van der Waals surface area contributed by atoms with Crippen molar-refractivity contribution in [2.75, 3.05) is 33.1 Å². The molecule has 0 spiro atoms. The third-order valence-corrected chi connectivity index (χ3v) is 2.57. The molecule has 5 heteroatoms. The maximum absolute atomic E-state index is 11.9. The second-order valence-corrected chi connectivity index (χ2v) is 4.22. The van der Waals surface area contributed by atoms with Gasteiger partial charge in [0.05, 0.1) is 19.3 Å². The van der Waals surface area contributed by atoms with Crippen molar-refractivity contribution in [3.05, 3.63) is 23.8 Å². The van der Waals surface area contributed by atoms with Gasteiger partial charge in [-0.05, 0) is 18.1 Å². The highest BCUT2D eigenvalue weighted by molar-refractivity contribution is 5.99. The molecule has 0 radical (unpaired) electrons. The predicted octanol–water partition coefficient (Wildman–Crippen LogP) is 1.29. The highest BCUT2D eigenvalue weighted by Crippen LogP contribution is 2.19. The van der Waals surface area contributed by atoms with Gasteiger partial charge in [0.2, 0.25) is 0 Å². The van der Waals surface area contributed by atoms with Crippen LogP contribution in [0.15, 0.2) is 18.2 Å². The lowest BCUT2D eigenvalue weighted by molar-refractivity contribution is 0.0935. The van der Waals surface area contributed by atoms with Gasteiger partial charge < -0.3 is 20.5 Å². The van der Waals surface area contributed by atoms with Crippen LogP contribution >= 0.6 is 0 Å². The van der Waals surface area contributed by atoms with Gasteiger partial charge in [-0.25, -0.2) is 0 Å². The van der Waals surface area contributed by atoms with Crippen molar-refractivity contribution in [1.29, 1.82) is 0 Å². The van der Waals surface area contributed by atoms with Crippen molar-refractivity contribution in [2.45, 2.75) is 6.92 Å². The lowest BCUT2D eigenvalue weighted by atomic mass is 10.1. The van der Waals surface area contributed by atoms with E-state index in [9.17, 15) is 4.79 Å². The summed E-state index contributed by atoms with van der Waals surface area (Å²) in [5.74, 6) is 0.716. The molecule has 0 fully saturated rings. The zero-order valence-electron chi connectivity index (χ0n) is 11.0. The SMILES string of the molecule is COCC(C)CNC(=O)c1ccc(OC)cc1N. The normalized spacial score (nSPS) is 11.9. The number of nitrogen functional groups attached to an aromatic ring is 1. The molecule has 100 valence electrons. The molecule has 1 rings (SSSR count). The molecular formula is C13H20N2O3. The van der Waals surface area contributed by atoms with Gasteiger partial charge in [-0.15, -0.1) is 0 Å². The summed E-state index contributed by atoms with van der Waals surface area (Å²) in [7, 11) is 3.20. The van der Waals surface area contributed by atoms with E-state index in [2.05, 4.69) is 5.32 Å². The number of nitrogens with one attached hydrogen (secondary N) is 1. The third-order valence-electron chi connectivity index (χ3n) is 2.57. The fourth-order valence-corrected chi connectivity index (χ4v) is 1.58. The van der Waals surface area contributed by atoms with Gasteiger partial charge in [0.1, 0.15) is 5.75 Å². The van der Waals surface area contributed by atoms with E-state index in [-0.39, 0.29) is 11.8 Å². The quantitative estimate of drug-likeness (QED) is 0.748. The largest absolute Gasteiger partial charge is 0.497 e. The van der Waals surface area contributed by atoms with Gasteiger partial charge >= 0.3 is 0 Å². The fourth-order valence-electron chi connectivity index (χ4n) is 1.58. The van der Waals surface area contributed by atoms with E-state index in [1.54, 1.807) is 32.4 Å². The molecule has 0 bridgehead atoms. The Labute approximate surface area is 107 Å². The minimum atomic E-state index is -0.182. The van der Waals surface area contributed by atoms with Gasteiger partial charge in [0, 0.05) is 25.4 Å². The van der Waals surface area contributed by atoms with E-state index in [4.69, 9.17) is 15.2 Å². The fraction of sp³-hybridized carbons (Fsp3) is 0.462. The average molecular weight is 252 g/mol. The molecule has 1 aromatic rings. The van der Waals surface area contributed by atoms with Crippen molar-refractivity contribution in [3.63, 3.8) is 0 Å². The van der Waals surface area contributed by atoms with Crippen molar-refractivity contribution >= 4 is 11.6 Å². The second kappa shape index (κ2) is 6.86. The Hall–Kier alpha value is -1.75. The summed E-state index contributed by atoms with van der Waals surface area (Å²) in [6.45, 7) is 3.16. The van der Waals surface area contributed by atoms with E-state index < -0.39 is 0 Å². The second-order valence-electron chi connectivity index (χ2n) is 4.22. The zero-order valence-corrected chi connectivity index (χ0v) is 11.0. The summed E-state index contributed by atoms with van der Waals surface area (Å²) in [5, 5.41) is 2.82. The summed E-state index contributed by atoms with van der Waals surface area (Å²) in [6, 6.07) is 5.00. The molecule has 0 aliphatic heterocycles. The van der Waals surface area contributed by atoms with Crippen LogP contribution < -0.4 is 15.8 Å². The lowest BCUT2D eigenvalue weighted by Crippen LogP contribution is -2.30. The Morgan fingerprint density at radius 3 is 2.72 bits per heavy atom. The summed E-state index contributed by atoms with van der Waals surface area (Å²) in [5.41, 5.74) is 6.66. The number of rotatable bonds is 6. The number of benzene rings is 1. The van der Waals surface area contributed by atoms with Crippen LogP contribution in [0.1, 0.15) is 17.3 Å². The number of methoxy groups -OCH3 is 2. The maximum atomic E-state index is 11.9. The van der Waals surface area contributed by atoms with Gasteiger partial charge in [0.25, 0.3) is 5.91 Å². The van der Waals surface area contributed by atoms with E-state index in [0.29, 0.717) is 30.2 Å². The van der Waals surface area contributed by atoms with Crippen LogP contribution in [-0.2, 0) is 4.74 Å². The first-order valence-corrected chi connectivity index (χ1v) is 5.79. The summed E-state index contributed by atoms with van der Waals surface area (Å²) < 4.78 is 10.0. The van der Waals surface area contributed by atoms with Crippen LogP contribution in [0.2, 0.25) is 0 Å². The van der Waals surface area contributed by atoms with Gasteiger partial charge in [-0.2, -0.15) is 0 Å². The van der Waals surface area contributed by atoms with Crippen LogP contribution in [0.25, 0.3) is 0 Å². The molecule has 18 heavy (non-hydrogen) atoms. The molecule has 3 N–H and O–H groups in total. The van der Waals surface area contributed by atoms with Gasteiger partial charge in [0.15, 0.2) is 0 Å². The van der Waals surface area contributed by atoms with Crippen LogP contribution in [0.5, 0.6) is 5.75 Å². The highest BCUT2D eigenvalue weighted by Gasteiger charge is 2.11. The predicted molar refractivity (Wildman–Crippen MR) is 70.8 cm³/mol. The first-order valence-electron chi connectivity index (χ1n) is 5.79.